The Morgan fingerprint density at radius 1 is 1.15 bits per heavy atom. The smallest absolute Gasteiger partial charge is 0.223 e. The van der Waals surface area contributed by atoms with Gasteiger partial charge >= 0.3 is 0 Å². The number of nitrogens with zero attached hydrogens (tertiary/aromatic N) is 3. The minimum absolute atomic E-state index is 0.167. The van der Waals surface area contributed by atoms with E-state index in [0.717, 1.165) is 36.5 Å². The standard InChI is InChI=1S/C22H25N3O/c1-4-24-13-18(12-21(24)26)22-23-19-7-5-6-8-20(19)25(22)14-17-11-15(2)9-10-16(17)3/h5-11,18H,4,12-14H2,1-3H3. The summed E-state index contributed by atoms with van der Waals surface area (Å²) >= 11 is 0. The molecule has 1 aliphatic rings. The van der Waals surface area contributed by atoms with Gasteiger partial charge in [0.2, 0.25) is 5.91 Å². The number of hydrogen-bond donors (Lipinski definition) is 0. The summed E-state index contributed by atoms with van der Waals surface area (Å²) in [5.74, 6) is 1.44. The molecule has 26 heavy (non-hydrogen) atoms. The average Bonchev–Trinajstić information content (AvgIpc) is 3.19. The molecule has 0 bridgehead atoms. The van der Waals surface area contributed by atoms with Gasteiger partial charge in [0, 0.05) is 32.0 Å². The highest BCUT2D eigenvalue weighted by atomic mass is 16.2. The predicted molar refractivity (Wildman–Crippen MR) is 104 cm³/mol. The normalized spacial score (nSPS) is 17.4. The van der Waals surface area contributed by atoms with Crippen LogP contribution in [0.1, 0.15) is 41.8 Å². The number of benzene rings is 2. The number of hydrogen-bond acceptors (Lipinski definition) is 2. The van der Waals surface area contributed by atoms with Crippen molar-refractivity contribution < 1.29 is 4.79 Å². The Morgan fingerprint density at radius 2 is 1.96 bits per heavy atom. The summed E-state index contributed by atoms with van der Waals surface area (Å²) in [6.07, 6.45) is 0.559. The van der Waals surface area contributed by atoms with Crippen LogP contribution in [0.15, 0.2) is 42.5 Å². The van der Waals surface area contributed by atoms with Crippen LogP contribution in [0, 0.1) is 13.8 Å². The molecule has 0 radical (unpaired) electrons. The van der Waals surface area contributed by atoms with Gasteiger partial charge in [0.05, 0.1) is 11.0 Å². The summed E-state index contributed by atoms with van der Waals surface area (Å²) in [7, 11) is 0. The number of amides is 1. The number of imidazole rings is 1. The minimum Gasteiger partial charge on any atom is -0.342 e. The Balaban J connectivity index is 1.80. The van der Waals surface area contributed by atoms with E-state index in [9.17, 15) is 4.79 Å². The van der Waals surface area contributed by atoms with E-state index >= 15 is 0 Å². The molecule has 0 spiro atoms. The molecule has 1 amide bonds. The van der Waals surface area contributed by atoms with Crippen LogP contribution in [0.4, 0.5) is 0 Å². The highest BCUT2D eigenvalue weighted by Crippen LogP contribution is 2.31. The quantitative estimate of drug-likeness (QED) is 0.714. The van der Waals surface area contributed by atoms with Crippen LogP contribution in [-0.4, -0.2) is 33.4 Å². The molecular weight excluding hydrogens is 322 g/mol. The van der Waals surface area contributed by atoms with Crippen LogP contribution in [-0.2, 0) is 11.3 Å². The van der Waals surface area contributed by atoms with Gasteiger partial charge in [0.15, 0.2) is 0 Å². The third kappa shape index (κ3) is 2.90. The number of aromatic nitrogens is 2. The number of fused-ring (bicyclic) bond motifs is 1. The SMILES string of the molecule is CCN1CC(c2nc3ccccc3n2Cc2cc(C)ccc2C)CC1=O. The third-order valence-corrected chi connectivity index (χ3v) is 5.48. The lowest BCUT2D eigenvalue weighted by atomic mass is 10.0. The molecule has 0 aliphatic carbocycles. The predicted octanol–water partition coefficient (Wildman–Crippen LogP) is 4.04. The van der Waals surface area contributed by atoms with Crippen LogP contribution < -0.4 is 0 Å². The van der Waals surface area contributed by atoms with Gasteiger partial charge in [-0.2, -0.15) is 0 Å². The summed E-state index contributed by atoms with van der Waals surface area (Å²) in [6.45, 7) is 8.66. The van der Waals surface area contributed by atoms with E-state index in [1.165, 1.54) is 16.7 Å². The lowest BCUT2D eigenvalue weighted by molar-refractivity contribution is -0.127. The van der Waals surface area contributed by atoms with Gasteiger partial charge in [-0.1, -0.05) is 35.9 Å². The molecular formula is C22H25N3O. The molecule has 2 heterocycles. The molecule has 1 saturated heterocycles. The molecule has 1 aromatic heterocycles. The lowest BCUT2D eigenvalue weighted by Crippen LogP contribution is -2.24. The second kappa shape index (κ2) is 6.60. The molecule has 134 valence electrons. The second-order valence-electron chi connectivity index (χ2n) is 7.31. The van der Waals surface area contributed by atoms with E-state index in [2.05, 4.69) is 54.8 Å². The maximum Gasteiger partial charge on any atom is 0.223 e. The first-order valence-corrected chi connectivity index (χ1v) is 9.36. The second-order valence-corrected chi connectivity index (χ2v) is 7.31. The first-order valence-electron chi connectivity index (χ1n) is 9.36. The van der Waals surface area contributed by atoms with Crippen LogP contribution in [0.25, 0.3) is 11.0 Å². The van der Waals surface area contributed by atoms with E-state index in [4.69, 9.17) is 4.98 Å². The molecule has 4 heteroatoms. The van der Waals surface area contributed by atoms with Crippen molar-refractivity contribution in [3.05, 3.63) is 65.0 Å². The lowest BCUT2D eigenvalue weighted by Gasteiger charge is -2.16. The fourth-order valence-electron chi connectivity index (χ4n) is 3.96. The molecule has 0 N–H and O–H groups in total. The number of para-hydroxylation sites is 2. The van der Waals surface area contributed by atoms with Gasteiger partial charge in [-0.15, -0.1) is 0 Å². The van der Waals surface area contributed by atoms with Crippen molar-refractivity contribution in [2.24, 2.45) is 0 Å². The molecule has 1 aliphatic heterocycles. The van der Waals surface area contributed by atoms with E-state index in [1.807, 2.05) is 17.9 Å². The maximum atomic E-state index is 12.3. The number of rotatable bonds is 4. The fraction of sp³-hybridized carbons (Fsp3) is 0.364. The zero-order chi connectivity index (χ0) is 18.3. The van der Waals surface area contributed by atoms with Crippen molar-refractivity contribution >= 4 is 16.9 Å². The van der Waals surface area contributed by atoms with Crippen molar-refractivity contribution in [1.29, 1.82) is 0 Å². The highest BCUT2D eigenvalue weighted by Gasteiger charge is 2.33. The molecule has 1 atom stereocenters. The van der Waals surface area contributed by atoms with Gasteiger partial charge in [-0.25, -0.2) is 4.98 Å². The minimum atomic E-state index is 0.167. The Kier molecular flexibility index (Phi) is 4.27. The molecule has 3 aromatic rings. The monoisotopic (exact) mass is 347 g/mol. The Morgan fingerprint density at radius 3 is 2.73 bits per heavy atom. The molecule has 4 nitrogen and oxygen atoms in total. The summed E-state index contributed by atoms with van der Waals surface area (Å²) in [6, 6.07) is 14.9. The first kappa shape index (κ1) is 16.8. The summed E-state index contributed by atoms with van der Waals surface area (Å²) in [5.41, 5.74) is 6.02. The summed E-state index contributed by atoms with van der Waals surface area (Å²) in [5, 5.41) is 0. The number of carbonyl (C=O) groups is 1. The van der Waals surface area contributed by atoms with E-state index < -0.39 is 0 Å². The molecule has 4 rings (SSSR count). The Hall–Kier alpha value is -2.62. The molecule has 1 unspecified atom stereocenters. The number of likely N-dealkylation sites (tertiary alicyclic amines) is 1. The van der Waals surface area contributed by atoms with Crippen molar-refractivity contribution in [2.45, 2.75) is 39.7 Å². The van der Waals surface area contributed by atoms with Crippen LogP contribution >= 0.6 is 0 Å². The van der Waals surface area contributed by atoms with Crippen LogP contribution in [0.5, 0.6) is 0 Å². The average molecular weight is 347 g/mol. The molecule has 1 fully saturated rings. The van der Waals surface area contributed by atoms with Crippen molar-refractivity contribution in [3.8, 4) is 0 Å². The first-order chi connectivity index (χ1) is 12.6. The number of likely N-dealkylation sites (N-methyl/N-ethyl adjacent to an activating group) is 1. The van der Waals surface area contributed by atoms with Gasteiger partial charge in [0.1, 0.15) is 5.82 Å². The van der Waals surface area contributed by atoms with Crippen molar-refractivity contribution in [1.82, 2.24) is 14.5 Å². The van der Waals surface area contributed by atoms with Gasteiger partial charge in [-0.05, 0) is 44.0 Å². The summed E-state index contributed by atoms with van der Waals surface area (Å²) in [4.78, 5) is 19.1. The highest BCUT2D eigenvalue weighted by molar-refractivity contribution is 5.81. The number of aryl methyl sites for hydroxylation is 2. The van der Waals surface area contributed by atoms with Crippen LogP contribution in [0.2, 0.25) is 0 Å². The molecule has 0 saturated carbocycles. The third-order valence-electron chi connectivity index (χ3n) is 5.48. The zero-order valence-electron chi connectivity index (χ0n) is 15.7. The van der Waals surface area contributed by atoms with E-state index in [1.54, 1.807) is 0 Å². The van der Waals surface area contributed by atoms with Gasteiger partial charge < -0.3 is 9.47 Å². The fourth-order valence-corrected chi connectivity index (χ4v) is 3.96. The number of carbonyl (C=O) groups excluding carboxylic acids is 1. The topological polar surface area (TPSA) is 38.1 Å². The maximum absolute atomic E-state index is 12.3. The zero-order valence-corrected chi connectivity index (χ0v) is 15.7. The summed E-state index contributed by atoms with van der Waals surface area (Å²) < 4.78 is 2.31. The Labute approximate surface area is 154 Å². The van der Waals surface area contributed by atoms with Crippen LogP contribution in [0.3, 0.4) is 0 Å². The van der Waals surface area contributed by atoms with E-state index in [-0.39, 0.29) is 11.8 Å². The van der Waals surface area contributed by atoms with Crippen molar-refractivity contribution in [3.63, 3.8) is 0 Å². The Bertz CT molecular complexity index is 973. The van der Waals surface area contributed by atoms with Gasteiger partial charge in [0.25, 0.3) is 0 Å². The van der Waals surface area contributed by atoms with E-state index in [0.29, 0.717) is 6.42 Å². The largest absolute Gasteiger partial charge is 0.342 e. The van der Waals surface area contributed by atoms with Crippen molar-refractivity contribution in [2.75, 3.05) is 13.1 Å². The van der Waals surface area contributed by atoms with Gasteiger partial charge in [-0.3, -0.25) is 4.79 Å². The molecule has 2 aromatic carbocycles.